The molecule has 0 fully saturated rings. The van der Waals surface area contributed by atoms with Gasteiger partial charge in [0, 0.05) is 24.9 Å². The number of hydrogen-bond acceptors (Lipinski definition) is 6. The Morgan fingerprint density at radius 3 is 2.38 bits per heavy atom. The number of halogens is 4. The lowest BCUT2D eigenvalue weighted by Gasteiger charge is -2.23. The minimum absolute atomic E-state index is 0.0278. The molecule has 0 spiro atoms. The number of nitrogens with zero attached hydrogens (tertiary/aromatic N) is 2. The maximum atomic E-state index is 13.5. The number of likely N-dealkylation sites (N-methyl/N-ethyl adjacent to an activating group) is 1. The number of allylic oxidation sites excluding steroid dienone is 7. The summed E-state index contributed by atoms with van der Waals surface area (Å²) in [5.41, 5.74) is -0.0317. The molecule has 2 aliphatic rings. The fraction of sp³-hybridized carbons (Fsp3) is 0.429. The average molecular weight is 583 g/mol. The van der Waals surface area contributed by atoms with Gasteiger partial charge in [0.2, 0.25) is 5.88 Å². The molecule has 0 aromatic carbocycles. The number of ether oxygens (including phenoxy) is 1. The number of alkyl halides is 3. The van der Waals surface area contributed by atoms with Gasteiger partial charge in [-0.25, -0.2) is 4.68 Å². The summed E-state index contributed by atoms with van der Waals surface area (Å²) in [7, 11) is 1.85. The van der Waals surface area contributed by atoms with E-state index in [-0.39, 0.29) is 42.0 Å². The first-order chi connectivity index (χ1) is 18.7. The van der Waals surface area contributed by atoms with E-state index in [9.17, 15) is 27.6 Å². The van der Waals surface area contributed by atoms with Gasteiger partial charge in [0.1, 0.15) is 18.3 Å². The predicted octanol–water partition coefficient (Wildman–Crippen LogP) is 5.41. The SMILES string of the molecule is CNC1=CCC(CNC(=O)c2nn(C(C)(C)C)c(OC3=CCC=CC(C(F)(F)F)=C3Cl)c2C)C=C1.O=CCC=O. The first kappa shape index (κ1) is 32.6. The van der Waals surface area contributed by atoms with E-state index in [4.69, 9.17) is 16.3 Å². The Bertz CT molecular complexity index is 1250. The number of carbonyl (C=O) groups is 3. The molecule has 0 aliphatic heterocycles. The number of amides is 1. The second kappa shape index (κ2) is 14.2. The predicted molar refractivity (Wildman–Crippen MR) is 147 cm³/mol. The Morgan fingerprint density at radius 2 is 1.88 bits per heavy atom. The van der Waals surface area contributed by atoms with Crippen LogP contribution in [0, 0.1) is 12.8 Å². The van der Waals surface area contributed by atoms with E-state index in [2.05, 4.69) is 21.8 Å². The number of aldehydes is 2. The molecule has 12 heteroatoms. The number of hydrogen-bond donors (Lipinski definition) is 2. The fourth-order valence-corrected chi connectivity index (χ4v) is 3.97. The lowest BCUT2D eigenvalue weighted by molar-refractivity contribution is -0.114. The van der Waals surface area contributed by atoms with Crippen LogP contribution in [-0.2, 0) is 15.1 Å². The number of rotatable bonds is 8. The molecule has 1 aromatic rings. The molecule has 0 saturated carbocycles. The van der Waals surface area contributed by atoms with Gasteiger partial charge in [-0.3, -0.25) is 4.79 Å². The Balaban J connectivity index is 0.00000103. The molecule has 2 N–H and O–H groups in total. The Hall–Kier alpha value is -3.60. The monoisotopic (exact) mass is 582 g/mol. The second-order valence-corrected chi connectivity index (χ2v) is 10.3. The topological polar surface area (TPSA) is 102 Å². The smallest absolute Gasteiger partial charge is 0.417 e. The van der Waals surface area contributed by atoms with Crippen molar-refractivity contribution in [2.75, 3.05) is 13.6 Å². The van der Waals surface area contributed by atoms with E-state index in [1.54, 1.807) is 6.92 Å². The van der Waals surface area contributed by atoms with Crippen molar-refractivity contribution in [3.8, 4) is 5.88 Å². The van der Waals surface area contributed by atoms with Gasteiger partial charge in [-0.1, -0.05) is 35.9 Å². The quantitative estimate of drug-likeness (QED) is 0.314. The Kier molecular flexibility index (Phi) is 11.5. The summed E-state index contributed by atoms with van der Waals surface area (Å²) in [6.07, 6.45) is 7.34. The number of nitrogens with one attached hydrogen (secondary N) is 2. The van der Waals surface area contributed by atoms with Crippen LogP contribution >= 0.6 is 11.6 Å². The van der Waals surface area contributed by atoms with Gasteiger partial charge in [-0.2, -0.15) is 18.3 Å². The van der Waals surface area contributed by atoms with Crippen molar-refractivity contribution < 1.29 is 32.3 Å². The van der Waals surface area contributed by atoms with Gasteiger partial charge in [-0.15, -0.1) is 0 Å². The lowest BCUT2D eigenvalue weighted by Crippen LogP contribution is -2.30. The summed E-state index contributed by atoms with van der Waals surface area (Å²) >= 11 is 6.12. The third-order valence-electron chi connectivity index (χ3n) is 5.80. The standard InChI is InChI=1S/C25H30ClF3N4O2.C3H4O2/c1-15-21(22(34)31-14-16-10-12-17(30-5)13-11-16)32-33(24(2,3)4)23(15)35-19-9-7-6-8-18(20(19)26)25(27,28)29;4-2-1-3-5/h6,8-10,12-13,16,30H,7,11,14H2,1-5H3,(H,31,34);2-3H,1H2. The van der Waals surface area contributed by atoms with Crippen LogP contribution < -0.4 is 15.4 Å². The van der Waals surface area contributed by atoms with Crippen molar-refractivity contribution in [1.29, 1.82) is 0 Å². The van der Waals surface area contributed by atoms with Crippen LogP contribution in [-0.4, -0.2) is 48.0 Å². The molecule has 218 valence electrons. The third-order valence-corrected chi connectivity index (χ3v) is 6.19. The molecular formula is C28H34ClF3N4O4. The van der Waals surface area contributed by atoms with Gasteiger partial charge in [-0.05, 0) is 58.6 Å². The molecular weight excluding hydrogens is 549 g/mol. The van der Waals surface area contributed by atoms with Crippen LogP contribution in [0.15, 0.2) is 58.5 Å². The maximum Gasteiger partial charge on any atom is 0.417 e. The van der Waals surface area contributed by atoms with E-state index >= 15 is 0 Å². The van der Waals surface area contributed by atoms with Crippen LogP contribution in [0.1, 0.15) is 56.1 Å². The molecule has 8 nitrogen and oxygen atoms in total. The summed E-state index contributed by atoms with van der Waals surface area (Å²) in [6.45, 7) is 7.64. The fourth-order valence-electron chi connectivity index (χ4n) is 3.68. The lowest BCUT2D eigenvalue weighted by atomic mass is 9.99. The maximum absolute atomic E-state index is 13.5. The van der Waals surface area contributed by atoms with Crippen molar-refractivity contribution in [2.24, 2.45) is 5.92 Å². The van der Waals surface area contributed by atoms with E-state index < -0.39 is 22.3 Å². The second-order valence-electron chi connectivity index (χ2n) is 9.94. The van der Waals surface area contributed by atoms with E-state index in [1.807, 2.05) is 40.0 Å². The van der Waals surface area contributed by atoms with Crippen LogP contribution in [0.5, 0.6) is 5.88 Å². The Labute approximate surface area is 236 Å². The van der Waals surface area contributed by atoms with Crippen molar-refractivity contribution in [1.82, 2.24) is 20.4 Å². The number of aromatic nitrogens is 2. The van der Waals surface area contributed by atoms with E-state index in [1.165, 1.54) is 16.8 Å². The highest BCUT2D eigenvalue weighted by Gasteiger charge is 2.37. The summed E-state index contributed by atoms with van der Waals surface area (Å²) in [5.74, 6) is -0.218. The normalized spacial score (nSPS) is 17.2. The molecule has 0 bridgehead atoms. The molecule has 0 radical (unpaired) electrons. The largest absolute Gasteiger partial charge is 0.438 e. The zero-order valence-electron chi connectivity index (χ0n) is 23.1. The molecule has 2 aliphatic carbocycles. The van der Waals surface area contributed by atoms with Crippen LogP contribution in [0.2, 0.25) is 0 Å². The minimum Gasteiger partial charge on any atom is -0.438 e. The van der Waals surface area contributed by atoms with Gasteiger partial charge < -0.3 is 25.0 Å². The molecule has 3 rings (SSSR count). The molecule has 1 atom stereocenters. The van der Waals surface area contributed by atoms with E-state index in [0.717, 1.165) is 18.2 Å². The molecule has 1 amide bonds. The van der Waals surface area contributed by atoms with Crippen LogP contribution in [0.25, 0.3) is 0 Å². The zero-order chi connectivity index (χ0) is 30.1. The highest BCUT2D eigenvalue weighted by molar-refractivity contribution is 6.32. The highest BCUT2D eigenvalue weighted by atomic mass is 35.5. The van der Waals surface area contributed by atoms with Crippen molar-refractivity contribution in [3.63, 3.8) is 0 Å². The van der Waals surface area contributed by atoms with E-state index in [0.29, 0.717) is 24.7 Å². The van der Waals surface area contributed by atoms with Crippen molar-refractivity contribution >= 4 is 30.1 Å². The molecule has 1 aromatic heterocycles. The first-order valence-corrected chi connectivity index (χ1v) is 13.0. The third kappa shape index (κ3) is 8.70. The summed E-state index contributed by atoms with van der Waals surface area (Å²) < 4.78 is 47.8. The van der Waals surface area contributed by atoms with Crippen LogP contribution in [0.3, 0.4) is 0 Å². The first-order valence-electron chi connectivity index (χ1n) is 12.6. The van der Waals surface area contributed by atoms with Crippen molar-refractivity contribution in [2.45, 2.75) is 58.7 Å². The zero-order valence-corrected chi connectivity index (χ0v) is 23.8. The van der Waals surface area contributed by atoms with Gasteiger partial charge in [0.05, 0.1) is 22.6 Å². The summed E-state index contributed by atoms with van der Waals surface area (Å²) in [4.78, 5) is 31.4. The van der Waals surface area contributed by atoms with Crippen LogP contribution in [0.4, 0.5) is 13.2 Å². The van der Waals surface area contributed by atoms with Gasteiger partial charge >= 0.3 is 6.18 Å². The molecule has 40 heavy (non-hydrogen) atoms. The molecule has 1 heterocycles. The van der Waals surface area contributed by atoms with Gasteiger partial charge in [0.15, 0.2) is 5.69 Å². The van der Waals surface area contributed by atoms with Gasteiger partial charge in [0.25, 0.3) is 5.91 Å². The van der Waals surface area contributed by atoms with Crippen molar-refractivity contribution in [3.05, 3.63) is 69.8 Å². The summed E-state index contributed by atoms with van der Waals surface area (Å²) in [6, 6.07) is 0. The average Bonchev–Trinajstić information content (AvgIpc) is 3.10. The number of carbonyl (C=O) groups excluding carboxylic acids is 3. The minimum atomic E-state index is -4.64. The summed E-state index contributed by atoms with van der Waals surface area (Å²) in [5, 5.41) is 9.90. The highest BCUT2D eigenvalue weighted by Crippen LogP contribution is 2.38. The molecule has 1 unspecified atom stereocenters. The molecule has 0 saturated heterocycles. The Morgan fingerprint density at radius 1 is 1.20 bits per heavy atom.